The number of furan rings is 2. The van der Waals surface area contributed by atoms with Crippen LogP contribution in [0.2, 0.25) is 5.02 Å². The van der Waals surface area contributed by atoms with Gasteiger partial charge in [-0.1, -0.05) is 29.8 Å². The summed E-state index contributed by atoms with van der Waals surface area (Å²) < 4.78 is 11.5. The second-order valence-corrected chi connectivity index (χ2v) is 7.81. The van der Waals surface area contributed by atoms with E-state index in [1.54, 1.807) is 11.2 Å². The van der Waals surface area contributed by atoms with Crippen LogP contribution in [-0.2, 0) is 13.1 Å². The van der Waals surface area contributed by atoms with E-state index in [9.17, 15) is 4.79 Å². The summed E-state index contributed by atoms with van der Waals surface area (Å²) in [7, 11) is 0. The quantitative estimate of drug-likeness (QED) is 0.382. The van der Waals surface area contributed by atoms with Crippen LogP contribution in [0.3, 0.4) is 0 Å². The minimum Gasteiger partial charge on any atom is -0.467 e. The topological polar surface area (TPSA) is 46.6 Å². The first-order chi connectivity index (χ1) is 13.9. The molecule has 0 aliphatic carbocycles. The number of nitrogens with zero attached hydrogens (tertiary/aromatic N) is 1. The van der Waals surface area contributed by atoms with E-state index in [4.69, 9.17) is 20.4 Å². The summed E-state index contributed by atoms with van der Waals surface area (Å²) in [6.07, 6.45) is 1.61. The second kappa shape index (κ2) is 7.80. The Balaban J connectivity index is 1.72. The molecule has 0 aliphatic rings. The fourth-order valence-corrected chi connectivity index (χ4v) is 3.86. The minimum atomic E-state index is -0.165. The molecule has 2 aromatic carbocycles. The Bertz CT molecular complexity index is 1160. The van der Waals surface area contributed by atoms with Crippen molar-refractivity contribution in [3.63, 3.8) is 0 Å². The van der Waals surface area contributed by atoms with E-state index in [0.717, 1.165) is 33.2 Å². The highest BCUT2D eigenvalue weighted by molar-refractivity contribution is 6.30. The molecule has 1 amide bonds. The van der Waals surface area contributed by atoms with Crippen LogP contribution in [-0.4, -0.2) is 10.8 Å². The van der Waals surface area contributed by atoms with Gasteiger partial charge in [0.25, 0.3) is 5.91 Å². The number of halogens is 1. The van der Waals surface area contributed by atoms with Crippen molar-refractivity contribution in [3.8, 4) is 0 Å². The number of aryl methyl sites for hydroxylation is 3. The van der Waals surface area contributed by atoms with Gasteiger partial charge in [-0.15, -0.1) is 0 Å². The third-order valence-electron chi connectivity index (χ3n) is 5.07. The first kappa shape index (κ1) is 19.3. The molecular formula is C24H22ClNO3. The van der Waals surface area contributed by atoms with E-state index in [2.05, 4.69) is 6.07 Å². The molecule has 0 fully saturated rings. The van der Waals surface area contributed by atoms with Crippen LogP contribution in [0.25, 0.3) is 11.0 Å². The van der Waals surface area contributed by atoms with Crippen molar-refractivity contribution in [2.24, 2.45) is 0 Å². The third-order valence-corrected chi connectivity index (χ3v) is 5.32. The largest absolute Gasteiger partial charge is 0.467 e. The van der Waals surface area contributed by atoms with Crippen molar-refractivity contribution < 1.29 is 13.6 Å². The lowest BCUT2D eigenvalue weighted by molar-refractivity contribution is 0.0686. The van der Waals surface area contributed by atoms with Crippen molar-refractivity contribution >= 4 is 28.5 Å². The summed E-state index contributed by atoms with van der Waals surface area (Å²) in [5, 5.41) is 1.67. The zero-order valence-electron chi connectivity index (χ0n) is 16.7. The summed E-state index contributed by atoms with van der Waals surface area (Å²) in [6, 6.07) is 15.2. The zero-order chi connectivity index (χ0) is 20.5. The molecule has 0 saturated carbocycles. The number of carbonyl (C=O) groups excluding carboxylic acids is 1. The van der Waals surface area contributed by atoms with Crippen molar-refractivity contribution in [2.45, 2.75) is 33.9 Å². The van der Waals surface area contributed by atoms with Gasteiger partial charge in [0.05, 0.1) is 12.8 Å². The maximum Gasteiger partial charge on any atom is 0.290 e. The zero-order valence-corrected chi connectivity index (χ0v) is 17.4. The second-order valence-electron chi connectivity index (χ2n) is 7.38. The molecule has 4 nitrogen and oxygen atoms in total. The first-order valence-electron chi connectivity index (χ1n) is 9.49. The van der Waals surface area contributed by atoms with Crippen LogP contribution in [0.4, 0.5) is 0 Å². The van der Waals surface area contributed by atoms with Gasteiger partial charge in [-0.2, -0.15) is 0 Å². The summed E-state index contributed by atoms with van der Waals surface area (Å²) >= 11 is 6.00. The number of carbonyl (C=O) groups is 1. The molecule has 0 radical (unpaired) electrons. The number of fused-ring (bicyclic) bond motifs is 1. The van der Waals surface area contributed by atoms with Crippen LogP contribution < -0.4 is 0 Å². The Kier molecular flexibility index (Phi) is 5.20. The Morgan fingerprint density at radius 3 is 2.48 bits per heavy atom. The lowest BCUT2D eigenvalue weighted by Gasteiger charge is -2.21. The van der Waals surface area contributed by atoms with Crippen LogP contribution in [0.15, 0.2) is 63.6 Å². The molecule has 0 spiro atoms. The smallest absolute Gasteiger partial charge is 0.290 e. The maximum atomic E-state index is 13.5. The number of amides is 1. The molecule has 0 bridgehead atoms. The normalized spacial score (nSPS) is 11.2. The average Bonchev–Trinajstić information content (AvgIpc) is 3.30. The van der Waals surface area contributed by atoms with E-state index in [1.165, 1.54) is 0 Å². The maximum absolute atomic E-state index is 13.5. The Morgan fingerprint density at radius 2 is 1.79 bits per heavy atom. The van der Waals surface area contributed by atoms with Crippen LogP contribution in [0.1, 0.15) is 38.6 Å². The molecule has 0 atom stereocenters. The van der Waals surface area contributed by atoms with E-state index in [-0.39, 0.29) is 5.91 Å². The van der Waals surface area contributed by atoms with Crippen molar-refractivity contribution in [1.29, 1.82) is 0 Å². The molecule has 0 unspecified atom stereocenters. The monoisotopic (exact) mass is 407 g/mol. The molecule has 4 aromatic rings. The molecule has 5 heteroatoms. The molecule has 4 rings (SSSR count). The van der Waals surface area contributed by atoms with Crippen molar-refractivity contribution in [2.75, 3.05) is 0 Å². The van der Waals surface area contributed by atoms with Gasteiger partial charge in [-0.05, 0) is 67.8 Å². The molecule has 0 aliphatic heterocycles. The molecule has 2 aromatic heterocycles. The fourth-order valence-electron chi connectivity index (χ4n) is 3.74. The molecule has 148 valence electrons. The van der Waals surface area contributed by atoms with E-state index < -0.39 is 0 Å². The molecule has 29 heavy (non-hydrogen) atoms. The number of hydrogen-bond acceptors (Lipinski definition) is 3. The lowest BCUT2D eigenvalue weighted by Crippen LogP contribution is -2.30. The highest BCUT2D eigenvalue weighted by Crippen LogP contribution is 2.31. The Hall–Kier alpha value is -2.98. The summed E-state index contributed by atoms with van der Waals surface area (Å²) in [5.74, 6) is 0.921. The van der Waals surface area contributed by atoms with Crippen molar-refractivity contribution in [3.05, 3.63) is 93.6 Å². The van der Waals surface area contributed by atoms with Gasteiger partial charge < -0.3 is 13.7 Å². The minimum absolute atomic E-state index is 0.165. The summed E-state index contributed by atoms with van der Waals surface area (Å²) in [6.45, 7) is 6.78. The number of rotatable bonds is 5. The highest BCUT2D eigenvalue weighted by atomic mass is 35.5. The van der Waals surface area contributed by atoms with Gasteiger partial charge >= 0.3 is 0 Å². The Morgan fingerprint density at radius 1 is 1.03 bits per heavy atom. The van der Waals surface area contributed by atoms with Gasteiger partial charge in [0.15, 0.2) is 5.76 Å². The van der Waals surface area contributed by atoms with Gasteiger partial charge in [-0.25, -0.2) is 0 Å². The van der Waals surface area contributed by atoms with Gasteiger partial charge in [-0.3, -0.25) is 4.79 Å². The predicted octanol–water partition coefficient (Wildman–Crippen LogP) is 6.45. The molecule has 0 N–H and O–H groups in total. The SMILES string of the molecule is Cc1cc(C)c2c(C)c(C(=O)N(Cc3ccc(Cl)cc3)Cc3ccco3)oc2c1. The molecule has 2 heterocycles. The van der Waals surface area contributed by atoms with Crippen LogP contribution in [0.5, 0.6) is 0 Å². The fraction of sp³-hybridized carbons (Fsp3) is 0.208. The lowest BCUT2D eigenvalue weighted by atomic mass is 10.0. The van der Waals surface area contributed by atoms with Crippen LogP contribution in [0, 0.1) is 20.8 Å². The van der Waals surface area contributed by atoms with Gasteiger partial charge in [0.2, 0.25) is 0 Å². The number of benzene rings is 2. The van der Waals surface area contributed by atoms with E-state index in [0.29, 0.717) is 29.6 Å². The Labute approximate surface area is 174 Å². The van der Waals surface area contributed by atoms with Gasteiger partial charge in [0, 0.05) is 22.5 Å². The standard InChI is InChI=1S/C24H22ClNO3/c1-15-11-16(2)22-17(3)23(29-21(22)12-15)24(27)26(14-20-5-4-10-28-20)13-18-6-8-19(25)9-7-18/h4-12H,13-14H2,1-3H3. The predicted molar refractivity (Wildman–Crippen MR) is 114 cm³/mol. The summed E-state index contributed by atoms with van der Waals surface area (Å²) in [4.78, 5) is 15.2. The van der Waals surface area contributed by atoms with E-state index >= 15 is 0 Å². The molecule has 0 saturated heterocycles. The first-order valence-corrected chi connectivity index (χ1v) is 9.86. The van der Waals surface area contributed by atoms with Gasteiger partial charge in [0.1, 0.15) is 11.3 Å². The van der Waals surface area contributed by atoms with E-state index in [1.807, 2.05) is 63.2 Å². The average molecular weight is 408 g/mol. The highest BCUT2D eigenvalue weighted by Gasteiger charge is 2.25. The van der Waals surface area contributed by atoms with Crippen molar-refractivity contribution in [1.82, 2.24) is 4.90 Å². The summed E-state index contributed by atoms with van der Waals surface area (Å²) in [5.41, 5.74) is 4.80. The molecular weight excluding hydrogens is 386 g/mol. The third kappa shape index (κ3) is 3.94. The number of hydrogen-bond donors (Lipinski definition) is 0. The van der Waals surface area contributed by atoms with Crippen LogP contribution >= 0.6 is 11.6 Å².